The van der Waals surface area contributed by atoms with Gasteiger partial charge in [0.05, 0.1) is 0 Å². The molecule has 0 saturated heterocycles. The van der Waals surface area contributed by atoms with Crippen LogP contribution in [0.3, 0.4) is 0 Å². The lowest BCUT2D eigenvalue weighted by atomic mass is 9.83. The number of para-hydroxylation sites is 2. The number of hydrogen-bond acceptors (Lipinski definition) is 2. The van der Waals surface area contributed by atoms with Crippen molar-refractivity contribution in [3.8, 4) is 0 Å². The molecule has 0 amide bonds. The molecule has 2 aliphatic heterocycles. The highest BCUT2D eigenvalue weighted by molar-refractivity contribution is 6.31. The van der Waals surface area contributed by atoms with Crippen molar-refractivity contribution in [1.82, 2.24) is 4.58 Å². The van der Waals surface area contributed by atoms with Crippen LogP contribution >= 0.6 is 23.2 Å². The van der Waals surface area contributed by atoms with E-state index in [1.54, 1.807) is 0 Å². The Bertz CT molecular complexity index is 1950. The maximum Gasteiger partial charge on any atom is 0.218 e. The van der Waals surface area contributed by atoms with E-state index in [-0.39, 0.29) is 18.3 Å². The average molecular weight is 716 g/mol. The Morgan fingerprint density at radius 2 is 0.980 bits per heavy atom. The van der Waals surface area contributed by atoms with E-state index in [1.165, 1.54) is 50.8 Å². The van der Waals surface area contributed by atoms with E-state index in [1.807, 2.05) is 12.1 Å². The third kappa shape index (κ3) is 6.40. The number of nitrogens with zero attached hydrogens (tertiary/aromatic N) is 3. The standard InChI is InChI=1S/C45H46Cl2N3.CH4/c1-7-48-39-25-23-33(46)29-37(39)44(3,4)41(48)27-21-31-19-20-32(43(31)50(35-15-11-9-12-16-35)36-17-13-10-14-18-36)22-28-42-45(5,6)38-30-34(47)24-26-40(38)49(42)8-2;/h9-18,21-30H,7-8,19-20H2,1-6H3;1H4/q+1;. The van der Waals surface area contributed by atoms with Crippen LogP contribution in [-0.2, 0) is 10.8 Å². The van der Waals surface area contributed by atoms with Gasteiger partial charge in [-0.3, -0.25) is 0 Å². The van der Waals surface area contributed by atoms with Gasteiger partial charge in [0, 0.05) is 92.1 Å². The first kappa shape index (κ1) is 36.5. The summed E-state index contributed by atoms with van der Waals surface area (Å²) in [5, 5.41) is 1.56. The van der Waals surface area contributed by atoms with E-state index >= 15 is 0 Å². The minimum absolute atomic E-state index is 0. The van der Waals surface area contributed by atoms with Gasteiger partial charge in [0.2, 0.25) is 17.1 Å². The van der Waals surface area contributed by atoms with Crippen LogP contribution in [0.4, 0.5) is 22.7 Å². The predicted molar refractivity (Wildman–Crippen MR) is 223 cm³/mol. The third-order valence-corrected chi connectivity index (χ3v) is 11.2. The van der Waals surface area contributed by atoms with Gasteiger partial charge < -0.3 is 9.80 Å². The number of halogens is 2. The number of rotatable bonds is 6. The maximum atomic E-state index is 6.52. The molecule has 2 heterocycles. The van der Waals surface area contributed by atoms with E-state index in [4.69, 9.17) is 23.2 Å². The molecule has 5 heteroatoms. The number of likely N-dealkylation sites (N-methyl/N-ethyl adjacent to an activating group) is 2. The number of allylic oxidation sites excluding steroid dienone is 8. The molecule has 1 saturated carbocycles. The summed E-state index contributed by atoms with van der Waals surface area (Å²) in [4.78, 5) is 4.88. The molecule has 0 atom stereocenters. The van der Waals surface area contributed by atoms with Crippen LogP contribution in [0.1, 0.15) is 72.9 Å². The summed E-state index contributed by atoms with van der Waals surface area (Å²) < 4.78 is 2.44. The van der Waals surface area contributed by atoms with Crippen LogP contribution in [-0.4, -0.2) is 18.8 Å². The Morgan fingerprint density at radius 3 is 1.35 bits per heavy atom. The minimum Gasteiger partial charge on any atom is -0.344 e. The quantitative estimate of drug-likeness (QED) is 0.184. The molecule has 7 rings (SSSR count). The first-order chi connectivity index (χ1) is 24.1. The van der Waals surface area contributed by atoms with Crippen molar-refractivity contribution in [3.05, 3.63) is 165 Å². The summed E-state index contributed by atoms with van der Waals surface area (Å²) >= 11 is 13.0. The summed E-state index contributed by atoms with van der Waals surface area (Å²) in [5.41, 5.74) is 13.4. The zero-order valence-corrected chi connectivity index (χ0v) is 31.5. The lowest BCUT2D eigenvalue weighted by molar-refractivity contribution is 0.633. The van der Waals surface area contributed by atoms with Crippen molar-refractivity contribution >= 4 is 51.7 Å². The van der Waals surface area contributed by atoms with Gasteiger partial charge in [-0.15, -0.1) is 0 Å². The van der Waals surface area contributed by atoms with Gasteiger partial charge in [0.15, 0.2) is 0 Å². The average Bonchev–Trinajstić information content (AvgIpc) is 3.68. The van der Waals surface area contributed by atoms with Crippen LogP contribution < -0.4 is 14.4 Å². The monoisotopic (exact) mass is 714 g/mol. The molecule has 0 unspecified atom stereocenters. The molecule has 4 aromatic rings. The molecule has 0 aromatic heterocycles. The fourth-order valence-corrected chi connectivity index (χ4v) is 8.57. The summed E-state index contributed by atoms with van der Waals surface area (Å²) in [5.74, 6) is 0. The molecular formula is C46H50Cl2N3+. The Kier molecular flexibility index (Phi) is 10.3. The van der Waals surface area contributed by atoms with Crippen molar-refractivity contribution in [2.24, 2.45) is 0 Å². The van der Waals surface area contributed by atoms with E-state index in [2.05, 4.69) is 165 Å². The third-order valence-electron chi connectivity index (χ3n) is 10.7. The minimum atomic E-state index is -0.177. The number of fused-ring (bicyclic) bond motifs is 2. The second kappa shape index (κ2) is 14.4. The highest BCUT2D eigenvalue weighted by Crippen LogP contribution is 2.50. The zero-order chi connectivity index (χ0) is 35.2. The number of anilines is 2. The first-order valence-corrected chi connectivity index (χ1v) is 18.6. The summed E-state index contributed by atoms with van der Waals surface area (Å²) in [6.07, 6.45) is 11.4. The highest BCUT2D eigenvalue weighted by Gasteiger charge is 2.41. The van der Waals surface area contributed by atoms with Crippen LogP contribution in [0.25, 0.3) is 0 Å². The van der Waals surface area contributed by atoms with E-state index < -0.39 is 0 Å². The maximum absolute atomic E-state index is 6.52. The van der Waals surface area contributed by atoms with Crippen molar-refractivity contribution in [3.63, 3.8) is 0 Å². The topological polar surface area (TPSA) is 9.49 Å². The number of benzene rings is 4. The van der Waals surface area contributed by atoms with Crippen molar-refractivity contribution in [2.75, 3.05) is 22.9 Å². The van der Waals surface area contributed by atoms with Gasteiger partial charge in [0.1, 0.15) is 0 Å². The van der Waals surface area contributed by atoms with Gasteiger partial charge in [-0.1, -0.05) is 107 Å². The van der Waals surface area contributed by atoms with Gasteiger partial charge >= 0.3 is 0 Å². The highest BCUT2D eigenvalue weighted by atomic mass is 35.5. The normalized spacial score (nSPS) is 20.4. The SMILES string of the molecule is C.CCN1C(=CC=C2CC/C(=C\C=C3\N(CC)c4ccc(Cl)cc4C3(C)C)C2=[N+](c2ccccc2)c2ccccc2)C(C)(C)c2cc(Cl)ccc21. The molecule has 262 valence electrons. The van der Waals surface area contributed by atoms with Crippen LogP contribution in [0.2, 0.25) is 10.0 Å². The van der Waals surface area contributed by atoms with Crippen LogP contribution in [0.15, 0.2) is 144 Å². The van der Waals surface area contributed by atoms with E-state index in [0.717, 1.165) is 47.4 Å². The molecule has 0 spiro atoms. The second-order valence-electron chi connectivity index (χ2n) is 14.4. The second-order valence-corrected chi connectivity index (χ2v) is 15.3. The predicted octanol–water partition coefficient (Wildman–Crippen LogP) is 13.0. The van der Waals surface area contributed by atoms with Crippen molar-refractivity contribution in [1.29, 1.82) is 0 Å². The molecule has 3 nitrogen and oxygen atoms in total. The largest absolute Gasteiger partial charge is 0.344 e. The molecular weight excluding hydrogens is 665 g/mol. The summed E-state index contributed by atoms with van der Waals surface area (Å²) in [6.45, 7) is 15.5. The van der Waals surface area contributed by atoms with Crippen LogP contribution in [0.5, 0.6) is 0 Å². The molecule has 0 radical (unpaired) electrons. The zero-order valence-electron chi connectivity index (χ0n) is 30.0. The molecule has 1 aliphatic carbocycles. The fourth-order valence-electron chi connectivity index (χ4n) is 8.22. The van der Waals surface area contributed by atoms with Crippen molar-refractivity contribution in [2.45, 2.75) is 72.6 Å². The lowest BCUT2D eigenvalue weighted by Gasteiger charge is -2.26. The Balaban J connectivity index is 0.00000448. The molecule has 4 aromatic carbocycles. The Labute approximate surface area is 315 Å². The van der Waals surface area contributed by atoms with Gasteiger partial charge in [0.25, 0.3) is 0 Å². The first-order valence-electron chi connectivity index (χ1n) is 17.8. The summed E-state index contributed by atoms with van der Waals surface area (Å²) in [7, 11) is 0. The van der Waals surface area contributed by atoms with Crippen molar-refractivity contribution < 1.29 is 0 Å². The molecule has 0 N–H and O–H groups in total. The Hall–Kier alpha value is -4.31. The Morgan fingerprint density at radius 1 is 0.588 bits per heavy atom. The van der Waals surface area contributed by atoms with Gasteiger partial charge in [-0.2, -0.15) is 4.58 Å². The van der Waals surface area contributed by atoms with Gasteiger partial charge in [-0.05, 0) is 86.4 Å². The lowest BCUT2D eigenvalue weighted by Crippen LogP contribution is -2.26. The van der Waals surface area contributed by atoms with Crippen LogP contribution in [0, 0.1) is 0 Å². The molecule has 0 bridgehead atoms. The summed E-state index contributed by atoms with van der Waals surface area (Å²) in [6, 6.07) is 34.2. The fraction of sp³-hybridized carbons (Fsp3) is 0.283. The van der Waals surface area contributed by atoms with Gasteiger partial charge in [-0.25, -0.2) is 0 Å². The number of hydrogen-bond donors (Lipinski definition) is 0. The molecule has 51 heavy (non-hydrogen) atoms. The molecule has 1 fully saturated rings. The van der Waals surface area contributed by atoms with E-state index in [9.17, 15) is 0 Å². The van der Waals surface area contributed by atoms with E-state index in [0.29, 0.717) is 0 Å². The molecule has 3 aliphatic rings. The smallest absolute Gasteiger partial charge is 0.218 e.